The van der Waals surface area contributed by atoms with Gasteiger partial charge in [0.2, 0.25) is 0 Å². The summed E-state index contributed by atoms with van der Waals surface area (Å²) in [6.45, 7) is 8.35. The zero-order valence-electron chi connectivity index (χ0n) is 12.9. The highest BCUT2D eigenvalue weighted by molar-refractivity contribution is 5.66. The van der Waals surface area contributed by atoms with Gasteiger partial charge in [0.15, 0.2) is 17.7 Å². The summed E-state index contributed by atoms with van der Waals surface area (Å²) >= 11 is 0. The lowest BCUT2D eigenvalue weighted by atomic mass is 9.85. The number of rotatable bonds is 1. The molecule has 21 heavy (non-hydrogen) atoms. The Labute approximate surface area is 123 Å². The fourth-order valence-corrected chi connectivity index (χ4v) is 3.37. The molecule has 0 aromatic carbocycles. The van der Waals surface area contributed by atoms with E-state index in [0.717, 1.165) is 0 Å². The third-order valence-electron chi connectivity index (χ3n) is 3.95. The first-order valence-electron chi connectivity index (χ1n) is 7.16. The summed E-state index contributed by atoms with van der Waals surface area (Å²) in [5, 5.41) is 10.5. The second kappa shape index (κ2) is 4.63. The van der Waals surface area contributed by atoms with Crippen molar-refractivity contribution >= 4 is 5.97 Å². The molecule has 0 radical (unpaired) electrons. The molecule has 0 aromatic rings. The lowest BCUT2D eigenvalue weighted by molar-refractivity contribution is -0.194. The number of aliphatic hydroxyl groups excluding tert-OH is 1. The molecule has 2 unspecified atom stereocenters. The maximum absolute atomic E-state index is 11.4. The fourth-order valence-electron chi connectivity index (χ4n) is 3.37. The Hall–Kier alpha value is -0.730. The molecule has 3 fully saturated rings. The van der Waals surface area contributed by atoms with Gasteiger partial charge >= 0.3 is 5.97 Å². The summed E-state index contributed by atoms with van der Waals surface area (Å²) in [4.78, 5) is 11.4. The van der Waals surface area contributed by atoms with Crippen LogP contribution in [0.15, 0.2) is 0 Å². The second-order valence-electron chi connectivity index (χ2n) is 6.69. The topological polar surface area (TPSA) is 83.5 Å². The standard InChI is InChI=1S/C14H22O7/c1-6(15)17-10-11-8(18-13(2,3)20-11)7(16)9-12(10)21-14(4,5)19-9/h7-12,16H,1-5H3/t7?,8-,9+,10?,11-,12-/m0/s1. The highest BCUT2D eigenvalue weighted by atomic mass is 16.8. The second-order valence-corrected chi connectivity index (χ2v) is 6.69. The van der Waals surface area contributed by atoms with Crippen LogP contribution < -0.4 is 0 Å². The summed E-state index contributed by atoms with van der Waals surface area (Å²) in [5.41, 5.74) is 0. The van der Waals surface area contributed by atoms with Crippen molar-refractivity contribution in [2.45, 2.75) is 82.8 Å². The van der Waals surface area contributed by atoms with E-state index in [2.05, 4.69) is 0 Å². The monoisotopic (exact) mass is 302 g/mol. The largest absolute Gasteiger partial charge is 0.457 e. The predicted molar refractivity (Wildman–Crippen MR) is 69.2 cm³/mol. The number of carbonyl (C=O) groups is 1. The van der Waals surface area contributed by atoms with Gasteiger partial charge in [0, 0.05) is 6.92 Å². The van der Waals surface area contributed by atoms with Crippen LogP contribution in [0, 0.1) is 0 Å². The Bertz CT molecular complexity index is 415. The van der Waals surface area contributed by atoms with Crippen LogP contribution in [0.25, 0.3) is 0 Å². The van der Waals surface area contributed by atoms with Gasteiger partial charge in [-0.2, -0.15) is 0 Å². The maximum atomic E-state index is 11.4. The number of aliphatic hydroxyl groups is 1. The average Bonchev–Trinajstić information content (AvgIpc) is 2.81. The van der Waals surface area contributed by atoms with E-state index in [0.29, 0.717) is 0 Å². The van der Waals surface area contributed by atoms with Crippen LogP contribution in [0.1, 0.15) is 34.6 Å². The Balaban J connectivity index is 1.93. The van der Waals surface area contributed by atoms with Gasteiger partial charge in [-0.25, -0.2) is 0 Å². The van der Waals surface area contributed by atoms with Crippen molar-refractivity contribution in [1.29, 1.82) is 0 Å². The third-order valence-corrected chi connectivity index (χ3v) is 3.95. The van der Waals surface area contributed by atoms with Crippen molar-refractivity contribution in [2.24, 2.45) is 0 Å². The van der Waals surface area contributed by atoms with Gasteiger partial charge in [0.25, 0.3) is 0 Å². The van der Waals surface area contributed by atoms with Gasteiger partial charge in [0.05, 0.1) is 0 Å². The molecule has 3 aliphatic rings. The van der Waals surface area contributed by atoms with Gasteiger partial charge in [-0.3, -0.25) is 4.79 Å². The lowest BCUT2D eigenvalue weighted by Crippen LogP contribution is -2.62. The Kier molecular flexibility index (Phi) is 3.35. The van der Waals surface area contributed by atoms with Crippen molar-refractivity contribution in [3.05, 3.63) is 0 Å². The number of hydrogen-bond acceptors (Lipinski definition) is 7. The number of ether oxygens (including phenoxy) is 5. The Morgan fingerprint density at radius 3 is 1.67 bits per heavy atom. The third kappa shape index (κ3) is 2.57. The molecule has 0 aromatic heterocycles. The van der Waals surface area contributed by atoms with Crippen LogP contribution in [0.2, 0.25) is 0 Å². The molecule has 1 aliphatic carbocycles. The minimum absolute atomic E-state index is 0.435. The van der Waals surface area contributed by atoms with Crippen LogP contribution in [0.3, 0.4) is 0 Å². The zero-order valence-corrected chi connectivity index (χ0v) is 12.9. The van der Waals surface area contributed by atoms with Crippen molar-refractivity contribution in [1.82, 2.24) is 0 Å². The quantitative estimate of drug-likeness (QED) is 0.699. The van der Waals surface area contributed by atoms with E-state index in [4.69, 9.17) is 23.7 Å². The SMILES string of the molecule is CC(=O)OC1[C@H]2OC(C)(C)O[C@@H]2C(O)[C@@H]2OC(C)(C)O[C@H]12. The van der Waals surface area contributed by atoms with E-state index in [1.807, 2.05) is 0 Å². The normalized spacial score (nSPS) is 46.8. The highest BCUT2D eigenvalue weighted by Crippen LogP contribution is 2.45. The van der Waals surface area contributed by atoms with E-state index in [1.54, 1.807) is 27.7 Å². The molecular weight excluding hydrogens is 280 g/mol. The van der Waals surface area contributed by atoms with E-state index >= 15 is 0 Å². The number of fused-ring (bicyclic) bond motifs is 2. The Morgan fingerprint density at radius 2 is 1.29 bits per heavy atom. The maximum Gasteiger partial charge on any atom is 0.303 e. The molecule has 6 atom stereocenters. The lowest BCUT2D eigenvalue weighted by Gasteiger charge is -2.39. The van der Waals surface area contributed by atoms with Crippen LogP contribution in [0.4, 0.5) is 0 Å². The van der Waals surface area contributed by atoms with Crippen LogP contribution in [-0.2, 0) is 28.5 Å². The van der Waals surface area contributed by atoms with Gasteiger partial charge < -0.3 is 28.8 Å². The molecule has 0 spiro atoms. The fraction of sp³-hybridized carbons (Fsp3) is 0.929. The first-order valence-corrected chi connectivity index (χ1v) is 7.16. The average molecular weight is 302 g/mol. The zero-order chi connectivity index (χ0) is 15.6. The molecule has 2 heterocycles. The predicted octanol–water partition coefficient (Wildman–Crippen LogP) is 0.333. The summed E-state index contributed by atoms with van der Waals surface area (Å²) in [6, 6.07) is 0. The minimum Gasteiger partial charge on any atom is -0.457 e. The van der Waals surface area contributed by atoms with Crippen LogP contribution in [0.5, 0.6) is 0 Å². The van der Waals surface area contributed by atoms with Crippen molar-refractivity contribution in [3.63, 3.8) is 0 Å². The smallest absolute Gasteiger partial charge is 0.303 e. The number of carbonyl (C=O) groups excluding carboxylic acids is 1. The van der Waals surface area contributed by atoms with Crippen LogP contribution >= 0.6 is 0 Å². The molecular formula is C14H22O7. The number of hydrogen-bond donors (Lipinski definition) is 1. The molecule has 0 bridgehead atoms. The van der Waals surface area contributed by atoms with E-state index in [1.165, 1.54) is 6.92 Å². The first-order chi connectivity index (χ1) is 9.60. The van der Waals surface area contributed by atoms with Gasteiger partial charge in [-0.05, 0) is 27.7 Å². The highest BCUT2D eigenvalue weighted by Gasteiger charge is 2.64. The van der Waals surface area contributed by atoms with E-state index < -0.39 is 54.2 Å². The van der Waals surface area contributed by atoms with E-state index in [-0.39, 0.29) is 0 Å². The van der Waals surface area contributed by atoms with Crippen molar-refractivity contribution in [3.8, 4) is 0 Å². The molecule has 7 heteroatoms. The number of esters is 1. The minimum atomic E-state index is -0.907. The van der Waals surface area contributed by atoms with Gasteiger partial charge in [-0.1, -0.05) is 0 Å². The first kappa shape index (κ1) is 15.2. The van der Waals surface area contributed by atoms with Crippen LogP contribution in [-0.4, -0.2) is 59.3 Å². The summed E-state index contributed by atoms with van der Waals surface area (Å²) < 4.78 is 28.5. The van der Waals surface area contributed by atoms with Gasteiger partial charge in [-0.15, -0.1) is 0 Å². The molecule has 0 amide bonds. The summed E-state index contributed by atoms with van der Waals surface area (Å²) in [6.07, 6.45) is -4.00. The Morgan fingerprint density at radius 1 is 0.905 bits per heavy atom. The molecule has 1 N–H and O–H groups in total. The van der Waals surface area contributed by atoms with Crippen molar-refractivity contribution in [2.75, 3.05) is 0 Å². The van der Waals surface area contributed by atoms with E-state index in [9.17, 15) is 9.90 Å². The molecule has 2 aliphatic heterocycles. The molecule has 1 saturated carbocycles. The summed E-state index contributed by atoms with van der Waals surface area (Å²) in [5.74, 6) is -2.15. The summed E-state index contributed by atoms with van der Waals surface area (Å²) in [7, 11) is 0. The molecule has 3 rings (SSSR count). The molecule has 2 saturated heterocycles. The molecule has 7 nitrogen and oxygen atoms in total. The van der Waals surface area contributed by atoms with Gasteiger partial charge in [0.1, 0.15) is 30.5 Å². The molecule has 120 valence electrons. The van der Waals surface area contributed by atoms with Crippen molar-refractivity contribution < 1.29 is 33.6 Å².